The minimum Gasteiger partial charge on any atom is -0.366 e. The second kappa shape index (κ2) is 3.50. The average molecular weight is 195 g/mol. The molecule has 1 heterocycles. The lowest BCUT2D eigenvalue weighted by molar-refractivity contribution is 0.112. The zero-order valence-electron chi connectivity index (χ0n) is 7.69. The van der Waals surface area contributed by atoms with Crippen molar-refractivity contribution in [3.63, 3.8) is 0 Å². The highest BCUT2D eigenvalue weighted by atomic mass is 32.1. The predicted octanol–water partition coefficient (Wildman–Crippen LogP) is 2.41. The smallest absolute Gasteiger partial charge is 0.160 e. The summed E-state index contributed by atoms with van der Waals surface area (Å²) in [6.45, 7) is 1.14. The van der Waals surface area contributed by atoms with Crippen molar-refractivity contribution in [3.8, 4) is 0 Å². The Morgan fingerprint density at radius 2 is 2.38 bits per heavy atom. The molecule has 0 spiro atoms. The van der Waals surface area contributed by atoms with Gasteiger partial charge in [0, 0.05) is 13.6 Å². The van der Waals surface area contributed by atoms with E-state index < -0.39 is 0 Å². The molecule has 0 aliphatic heterocycles. The van der Waals surface area contributed by atoms with Gasteiger partial charge in [0.15, 0.2) is 6.29 Å². The summed E-state index contributed by atoms with van der Waals surface area (Å²) in [5.74, 6) is 0.895. The maximum absolute atomic E-state index is 10.5. The van der Waals surface area contributed by atoms with Gasteiger partial charge in [0.2, 0.25) is 0 Å². The molecule has 3 heteroatoms. The van der Waals surface area contributed by atoms with Crippen molar-refractivity contribution in [1.82, 2.24) is 0 Å². The third kappa shape index (κ3) is 2.10. The van der Waals surface area contributed by atoms with E-state index in [1.165, 1.54) is 17.8 Å². The molecule has 0 radical (unpaired) electrons. The highest BCUT2D eigenvalue weighted by Crippen LogP contribution is 2.32. The molecule has 0 aromatic carbocycles. The van der Waals surface area contributed by atoms with E-state index in [4.69, 9.17) is 0 Å². The Morgan fingerprint density at radius 3 is 2.92 bits per heavy atom. The van der Waals surface area contributed by atoms with Crippen molar-refractivity contribution in [2.24, 2.45) is 5.92 Å². The first-order chi connectivity index (χ1) is 6.29. The standard InChI is InChI=1S/C10H13NOS/c1-11(6-8-2-3-8)10-5-4-9(7-12)13-10/h4-5,7-8H,2-3,6H2,1H3. The third-order valence-corrected chi connectivity index (χ3v) is 3.46. The van der Waals surface area contributed by atoms with Gasteiger partial charge in [0.05, 0.1) is 9.88 Å². The van der Waals surface area contributed by atoms with Gasteiger partial charge in [-0.2, -0.15) is 0 Å². The molecule has 2 rings (SSSR count). The second-order valence-corrected chi connectivity index (χ2v) is 4.71. The van der Waals surface area contributed by atoms with E-state index in [1.807, 2.05) is 12.1 Å². The van der Waals surface area contributed by atoms with E-state index in [0.29, 0.717) is 0 Å². The van der Waals surface area contributed by atoms with E-state index in [1.54, 1.807) is 11.3 Å². The summed E-state index contributed by atoms with van der Waals surface area (Å²) in [7, 11) is 2.10. The van der Waals surface area contributed by atoms with Crippen LogP contribution in [0.25, 0.3) is 0 Å². The Labute approximate surface area is 82.2 Å². The quantitative estimate of drug-likeness (QED) is 0.688. The molecule has 13 heavy (non-hydrogen) atoms. The summed E-state index contributed by atoms with van der Waals surface area (Å²) in [6.07, 6.45) is 3.66. The minimum atomic E-state index is 0.817. The molecule has 70 valence electrons. The van der Waals surface area contributed by atoms with Gasteiger partial charge >= 0.3 is 0 Å². The molecule has 0 saturated heterocycles. The Hall–Kier alpha value is -0.830. The summed E-state index contributed by atoms with van der Waals surface area (Å²) < 4.78 is 0. The van der Waals surface area contributed by atoms with Crippen LogP contribution >= 0.6 is 11.3 Å². The molecule has 1 aliphatic rings. The van der Waals surface area contributed by atoms with Gasteiger partial charge in [-0.25, -0.2) is 0 Å². The topological polar surface area (TPSA) is 20.3 Å². The molecule has 0 unspecified atom stereocenters. The molecule has 1 fully saturated rings. The summed E-state index contributed by atoms with van der Waals surface area (Å²) in [5, 5.41) is 1.20. The van der Waals surface area contributed by atoms with Gasteiger partial charge in [-0.1, -0.05) is 0 Å². The van der Waals surface area contributed by atoms with Crippen LogP contribution in [-0.4, -0.2) is 19.9 Å². The first-order valence-corrected chi connectivity index (χ1v) is 5.37. The molecule has 0 bridgehead atoms. The fourth-order valence-electron chi connectivity index (χ4n) is 1.39. The van der Waals surface area contributed by atoms with Crippen LogP contribution in [0.2, 0.25) is 0 Å². The summed E-state index contributed by atoms with van der Waals surface area (Å²) in [5.41, 5.74) is 0. The Morgan fingerprint density at radius 1 is 1.62 bits per heavy atom. The van der Waals surface area contributed by atoms with Crippen LogP contribution in [0.3, 0.4) is 0 Å². The van der Waals surface area contributed by atoms with E-state index in [9.17, 15) is 4.79 Å². The van der Waals surface area contributed by atoms with Crippen molar-refractivity contribution in [3.05, 3.63) is 17.0 Å². The molecule has 0 N–H and O–H groups in total. The second-order valence-electron chi connectivity index (χ2n) is 3.62. The van der Waals surface area contributed by atoms with Gasteiger partial charge in [-0.05, 0) is 30.9 Å². The van der Waals surface area contributed by atoms with Crippen LogP contribution in [0.5, 0.6) is 0 Å². The Balaban J connectivity index is 2.00. The van der Waals surface area contributed by atoms with E-state index in [-0.39, 0.29) is 0 Å². The van der Waals surface area contributed by atoms with Crippen LogP contribution in [0.4, 0.5) is 5.00 Å². The number of aldehydes is 1. The number of thiophene rings is 1. The highest BCUT2D eigenvalue weighted by molar-refractivity contribution is 7.17. The monoisotopic (exact) mass is 195 g/mol. The van der Waals surface area contributed by atoms with Crippen LogP contribution in [0, 0.1) is 5.92 Å². The van der Waals surface area contributed by atoms with Crippen molar-refractivity contribution in [2.45, 2.75) is 12.8 Å². The number of hydrogen-bond donors (Lipinski definition) is 0. The molecule has 1 aromatic heterocycles. The SMILES string of the molecule is CN(CC1CC1)c1ccc(C=O)s1. The normalized spacial score (nSPS) is 15.8. The summed E-state index contributed by atoms with van der Waals surface area (Å²) in [6, 6.07) is 3.91. The fourth-order valence-corrected chi connectivity index (χ4v) is 2.18. The molecule has 0 atom stereocenters. The third-order valence-electron chi connectivity index (χ3n) is 2.33. The molecule has 2 nitrogen and oxygen atoms in total. The minimum absolute atomic E-state index is 0.817. The number of anilines is 1. The molecule has 1 saturated carbocycles. The highest BCUT2D eigenvalue weighted by Gasteiger charge is 2.23. The molecular weight excluding hydrogens is 182 g/mol. The molecule has 0 amide bonds. The van der Waals surface area contributed by atoms with Crippen molar-refractivity contribution in [1.29, 1.82) is 0 Å². The molecule has 1 aliphatic carbocycles. The van der Waals surface area contributed by atoms with Crippen molar-refractivity contribution < 1.29 is 4.79 Å². The van der Waals surface area contributed by atoms with Gasteiger partial charge in [-0.3, -0.25) is 4.79 Å². The first kappa shape index (κ1) is 8.75. The van der Waals surface area contributed by atoms with Crippen LogP contribution in [-0.2, 0) is 0 Å². The lowest BCUT2D eigenvalue weighted by Gasteiger charge is -2.15. The lowest BCUT2D eigenvalue weighted by Crippen LogP contribution is -2.18. The van der Waals surface area contributed by atoms with Crippen molar-refractivity contribution >= 4 is 22.6 Å². The van der Waals surface area contributed by atoms with Crippen molar-refractivity contribution in [2.75, 3.05) is 18.5 Å². The summed E-state index contributed by atoms with van der Waals surface area (Å²) in [4.78, 5) is 13.5. The van der Waals surface area contributed by atoms with Gasteiger partial charge in [0.25, 0.3) is 0 Å². The maximum atomic E-state index is 10.5. The van der Waals surface area contributed by atoms with Crippen LogP contribution in [0.15, 0.2) is 12.1 Å². The van der Waals surface area contributed by atoms with Crippen LogP contribution in [0.1, 0.15) is 22.5 Å². The number of carbonyl (C=O) groups excluding carboxylic acids is 1. The fraction of sp³-hybridized carbons (Fsp3) is 0.500. The number of rotatable bonds is 4. The largest absolute Gasteiger partial charge is 0.366 e. The zero-order chi connectivity index (χ0) is 9.26. The molecular formula is C10H13NOS. The van der Waals surface area contributed by atoms with Crippen LogP contribution < -0.4 is 4.90 Å². The summed E-state index contributed by atoms with van der Waals surface area (Å²) >= 11 is 1.57. The van der Waals surface area contributed by atoms with E-state index in [0.717, 1.165) is 23.6 Å². The number of hydrogen-bond acceptors (Lipinski definition) is 3. The maximum Gasteiger partial charge on any atom is 0.160 e. The van der Waals surface area contributed by atoms with Gasteiger partial charge in [-0.15, -0.1) is 11.3 Å². The van der Waals surface area contributed by atoms with Gasteiger partial charge < -0.3 is 4.90 Å². The predicted molar refractivity (Wildman–Crippen MR) is 55.7 cm³/mol. The Kier molecular flexibility index (Phi) is 2.36. The number of nitrogens with zero attached hydrogens (tertiary/aromatic N) is 1. The van der Waals surface area contributed by atoms with Gasteiger partial charge in [0.1, 0.15) is 0 Å². The molecule has 1 aromatic rings. The Bertz CT molecular complexity index is 304. The number of carbonyl (C=O) groups is 1. The van der Waals surface area contributed by atoms with E-state index >= 15 is 0 Å². The van der Waals surface area contributed by atoms with E-state index in [2.05, 4.69) is 11.9 Å². The lowest BCUT2D eigenvalue weighted by atomic mass is 10.4. The average Bonchev–Trinajstić information content (AvgIpc) is 2.82. The first-order valence-electron chi connectivity index (χ1n) is 4.56. The zero-order valence-corrected chi connectivity index (χ0v) is 8.51.